The number of carbonyl (C=O) groups excluding carboxylic acids is 1. The number of anilines is 1. The Labute approximate surface area is 185 Å². The Morgan fingerprint density at radius 2 is 2.03 bits per heavy atom. The molecule has 32 heavy (non-hydrogen) atoms. The number of fused-ring (bicyclic) bond motifs is 1. The number of amides is 1. The quantitative estimate of drug-likeness (QED) is 0.489. The number of nitrogens with one attached hydrogen (secondary N) is 2. The molecule has 172 valence electrons. The number of sulfonamides is 1. The molecule has 0 bridgehead atoms. The van der Waals surface area contributed by atoms with Crippen molar-refractivity contribution in [2.75, 3.05) is 5.32 Å². The molecule has 3 heterocycles. The predicted octanol–water partition coefficient (Wildman–Crippen LogP) is 3.36. The van der Waals surface area contributed by atoms with Crippen molar-refractivity contribution in [3.63, 3.8) is 0 Å². The van der Waals surface area contributed by atoms with Gasteiger partial charge < -0.3 is 9.88 Å². The molecule has 1 aliphatic rings. The predicted molar refractivity (Wildman–Crippen MR) is 105 cm³/mol. The molecule has 3 rings (SSSR count). The summed E-state index contributed by atoms with van der Waals surface area (Å²) in [5.41, 5.74) is -0.629. The van der Waals surface area contributed by atoms with Crippen molar-refractivity contribution in [3.05, 3.63) is 40.2 Å². The van der Waals surface area contributed by atoms with Crippen LogP contribution in [0, 0.1) is 17.3 Å². The Bertz CT molecular complexity index is 1220. The summed E-state index contributed by atoms with van der Waals surface area (Å²) >= 11 is 6.23. The zero-order chi connectivity index (χ0) is 23.8. The highest BCUT2D eigenvalue weighted by Gasteiger charge is 2.41. The maximum atomic E-state index is 13.6. The number of rotatable bonds is 5. The van der Waals surface area contributed by atoms with E-state index in [9.17, 15) is 30.8 Å². The van der Waals surface area contributed by atoms with E-state index in [-0.39, 0.29) is 35.7 Å². The molecule has 0 spiro atoms. The first-order chi connectivity index (χ1) is 14.8. The van der Waals surface area contributed by atoms with Crippen LogP contribution in [0.5, 0.6) is 0 Å². The highest BCUT2D eigenvalue weighted by Crippen LogP contribution is 2.36. The molecule has 1 atom stereocenters. The summed E-state index contributed by atoms with van der Waals surface area (Å²) in [6, 6.07) is 1.18. The van der Waals surface area contributed by atoms with Gasteiger partial charge in [0, 0.05) is 24.0 Å². The molecule has 0 saturated carbocycles. The third-order valence-electron chi connectivity index (χ3n) is 4.78. The summed E-state index contributed by atoms with van der Waals surface area (Å²) < 4.78 is 80.7. The highest BCUT2D eigenvalue weighted by atomic mass is 35.5. The molecule has 0 aromatic carbocycles. The van der Waals surface area contributed by atoms with E-state index in [2.05, 4.69) is 10.3 Å². The van der Waals surface area contributed by atoms with Crippen molar-refractivity contribution in [2.24, 2.45) is 0 Å². The van der Waals surface area contributed by atoms with Crippen LogP contribution in [0.3, 0.4) is 0 Å². The molecule has 0 fully saturated rings. The van der Waals surface area contributed by atoms with Gasteiger partial charge >= 0.3 is 6.18 Å². The number of aromatic nitrogens is 2. The van der Waals surface area contributed by atoms with Crippen LogP contribution in [0.1, 0.15) is 41.6 Å². The lowest BCUT2D eigenvalue weighted by molar-refractivity contribution is -0.147. The summed E-state index contributed by atoms with van der Waals surface area (Å²) in [5, 5.41) is 10.7. The van der Waals surface area contributed by atoms with Crippen molar-refractivity contribution in [3.8, 4) is 6.07 Å². The van der Waals surface area contributed by atoms with E-state index in [0.29, 0.717) is 19.8 Å². The van der Waals surface area contributed by atoms with Crippen molar-refractivity contribution >= 4 is 33.2 Å². The van der Waals surface area contributed by atoms with Gasteiger partial charge in [-0.1, -0.05) is 11.6 Å². The standard InChI is InChI=1S/C18H16ClF4N5O3S/c1-9(18(21,22)23)27-32(30,31)16-12-4-2-3-5-28(12)15(14(16)19)17(29)26-10-6-11(8-24)25-13(20)7-10/h6-7,9,27H,2-5H2,1H3,(H,25,26,29). The lowest BCUT2D eigenvalue weighted by Gasteiger charge is -2.20. The summed E-state index contributed by atoms with van der Waals surface area (Å²) in [4.78, 5) is 15.6. The van der Waals surface area contributed by atoms with E-state index in [1.54, 1.807) is 10.8 Å². The Kier molecular flexibility index (Phi) is 6.50. The van der Waals surface area contributed by atoms with Gasteiger partial charge in [-0.2, -0.15) is 27.5 Å². The third kappa shape index (κ3) is 4.72. The SMILES string of the molecule is CC(NS(=O)(=O)c1c(Cl)c(C(=O)Nc2cc(F)nc(C#N)c2)n2c1CCCC2)C(F)(F)F. The van der Waals surface area contributed by atoms with Gasteiger partial charge in [0.1, 0.15) is 28.4 Å². The zero-order valence-electron chi connectivity index (χ0n) is 16.4. The molecule has 2 aromatic heterocycles. The van der Waals surface area contributed by atoms with Crippen molar-refractivity contribution < 1.29 is 30.8 Å². The fourth-order valence-corrected chi connectivity index (χ4v) is 5.51. The maximum absolute atomic E-state index is 13.6. The molecule has 1 unspecified atom stereocenters. The number of nitriles is 1. The van der Waals surface area contributed by atoms with Crippen LogP contribution < -0.4 is 10.0 Å². The van der Waals surface area contributed by atoms with E-state index < -0.39 is 44.0 Å². The normalized spacial score (nSPS) is 15.0. The van der Waals surface area contributed by atoms with Gasteiger partial charge in [0.15, 0.2) is 0 Å². The zero-order valence-corrected chi connectivity index (χ0v) is 18.0. The monoisotopic (exact) mass is 493 g/mol. The fraction of sp³-hybridized carbons (Fsp3) is 0.389. The summed E-state index contributed by atoms with van der Waals surface area (Å²) in [7, 11) is -4.73. The molecule has 8 nitrogen and oxygen atoms in total. The van der Waals surface area contributed by atoms with Crippen LogP contribution in [0.25, 0.3) is 0 Å². The Morgan fingerprint density at radius 1 is 1.34 bits per heavy atom. The first-order valence-electron chi connectivity index (χ1n) is 9.24. The van der Waals surface area contributed by atoms with Gasteiger partial charge in [0.05, 0.1) is 5.02 Å². The smallest absolute Gasteiger partial charge is 0.338 e. The van der Waals surface area contributed by atoms with Crippen molar-refractivity contribution in [2.45, 2.75) is 49.8 Å². The number of alkyl halides is 3. The first kappa shape index (κ1) is 24.0. The van der Waals surface area contributed by atoms with Crippen LogP contribution in [0.15, 0.2) is 17.0 Å². The van der Waals surface area contributed by atoms with Gasteiger partial charge in [-0.3, -0.25) is 4.79 Å². The second-order valence-corrected chi connectivity index (χ2v) is 9.09. The van der Waals surface area contributed by atoms with E-state index in [4.69, 9.17) is 16.9 Å². The Balaban J connectivity index is 2.05. The molecule has 14 heteroatoms. The van der Waals surface area contributed by atoms with Crippen molar-refractivity contribution in [1.29, 1.82) is 5.26 Å². The Hall–Kier alpha value is -2.69. The van der Waals surface area contributed by atoms with E-state index in [1.807, 2.05) is 0 Å². The van der Waals surface area contributed by atoms with Crippen LogP contribution in [0.2, 0.25) is 5.02 Å². The largest absolute Gasteiger partial charge is 0.404 e. The minimum Gasteiger partial charge on any atom is -0.338 e. The van der Waals surface area contributed by atoms with E-state index in [0.717, 1.165) is 12.1 Å². The molecule has 1 aliphatic heterocycles. The number of hydrogen-bond donors (Lipinski definition) is 2. The van der Waals surface area contributed by atoms with Crippen LogP contribution >= 0.6 is 11.6 Å². The van der Waals surface area contributed by atoms with Gasteiger partial charge in [0.25, 0.3) is 5.91 Å². The molecular formula is C18H16ClF4N5O3S. The number of carbonyl (C=O) groups is 1. The fourth-order valence-electron chi connectivity index (χ4n) is 3.34. The molecule has 0 radical (unpaired) electrons. The number of nitrogens with zero attached hydrogens (tertiary/aromatic N) is 3. The van der Waals surface area contributed by atoms with Crippen LogP contribution in [-0.4, -0.2) is 36.1 Å². The highest BCUT2D eigenvalue weighted by molar-refractivity contribution is 7.89. The summed E-state index contributed by atoms with van der Waals surface area (Å²) in [6.45, 7) is 0.850. The van der Waals surface area contributed by atoms with Gasteiger partial charge in [-0.15, -0.1) is 0 Å². The van der Waals surface area contributed by atoms with Gasteiger partial charge in [0.2, 0.25) is 16.0 Å². The second-order valence-electron chi connectivity index (χ2n) is 7.06. The number of pyridine rings is 1. The maximum Gasteiger partial charge on any atom is 0.404 e. The molecule has 2 N–H and O–H groups in total. The topological polar surface area (TPSA) is 117 Å². The first-order valence-corrected chi connectivity index (χ1v) is 11.1. The molecule has 0 aliphatic carbocycles. The average Bonchev–Trinajstić information content (AvgIpc) is 2.98. The minimum atomic E-state index is -4.83. The third-order valence-corrected chi connectivity index (χ3v) is 6.90. The Morgan fingerprint density at radius 3 is 2.66 bits per heavy atom. The summed E-state index contributed by atoms with van der Waals surface area (Å²) in [6.07, 6.45) is -3.54. The van der Waals surface area contributed by atoms with Crippen LogP contribution in [0.4, 0.5) is 23.2 Å². The van der Waals surface area contributed by atoms with E-state index in [1.165, 1.54) is 4.57 Å². The average molecular weight is 494 g/mol. The van der Waals surface area contributed by atoms with Crippen LogP contribution in [-0.2, 0) is 23.0 Å². The molecule has 2 aromatic rings. The molecule has 0 saturated heterocycles. The second kappa shape index (κ2) is 8.68. The lowest BCUT2D eigenvalue weighted by Crippen LogP contribution is -2.43. The van der Waals surface area contributed by atoms with Gasteiger partial charge in [-0.05, 0) is 32.3 Å². The number of hydrogen-bond acceptors (Lipinski definition) is 5. The summed E-state index contributed by atoms with van der Waals surface area (Å²) in [5.74, 6) is -1.95. The number of halogens is 5. The lowest BCUT2D eigenvalue weighted by atomic mass is 10.1. The van der Waals surface area contributed by atoms with Crippen molar-refractivity contribution in [1.82, 2.24) is 14.3 Å². The minimum absolute atomic E-state index is 0.104. The molecule has 1 amide bonds. The molecular weight excluding hydrogens is 478 g/mol. The van der Waals surface area contributed by atoms with Gasteiger partial charge in [-0.25, -0.2) is 13.4 Å². The van der Waals surface area contributed by atoms with E-state index >= 15 is 0 Å².